The second-order valence-electron chi connectivity index (χ2n) is 8.23. The van der Waals surface area contributed by atoms with Crippen molar-refractivity contribution < 1.29 is 23.9 Å². The number of aromatic nitrogens is 1. The molecule has 0 spiro atoms. The van der Waals surface area contributed by atoms with Gasteiger partial charge in [-0.15, -0.1) is 11.3 Å². The van der Waals surface area contributed by atoms with E-state index in [4.69, 9.17) is 9.47 Å². The number of pyridine rings is 1. The highest BCUT2D eigenvalue weighted by molar-refractivity contribution is 7.17. The second-order valence-corrected chi connectivity index (χ2v) is 9.33. The number of carbonyl (C=O) groups excluding carboxylic acids is 3. The Bertz CT molecular complexity index is 1230. The summed E-state index contributed by atoms with van der Waals surface area (Å²) in [5.74, 6) is -1.02. The van der Waals surface area contributed by atoms with Crippen LogP contribution in [-0.4, -0.2) is 36.0 Å². The van der Waals surface area contributed by atoms with Crippen LogP contribution in [0.5, 0.6) is 0 Å². The number of rotatable bonds is 6. The highest BCUT2D eigenvalue weighted by Crippen LogP contribution is 2.40. The van der Waals surface area contributed by atoms with Gasteiger partial charge in [0.15, 0.2) is 6.61 Å². The monoisotopic (exact) mass is 466 g/mol. The van der Waals surface area contributed by atoms with Crippen molar-refractivity contribution in [2.24, 2.45) is 5.92 Å². The molecule has 0 fully saturated rings. The SMILES string of the molecule is CCOC(=O)c1c(NC(=O)COC(=O)c2cc(C)nc3ccccc23)sc2c1CCC(C)C2. The lowest BCUT2D eigenvalue weighted by molar-refractivity contribution is -0.119. The molecule has 0 radical (unpaired) electrons. The third-order valence-corrected chi connectivity index (χ3v) is 6.81. The van der Waals surface area contributed by atoms with Crippen LogP contribution in [0, 0.1) is 12.8 Å². The number of para-hydroxylation sites is 1. The van der Waals surface area contributed by atoms with E-state index in [2.05, 4.69) is 17.2 Å². The van der Waals surface area contributed by atoms with Crippen LogP contribution in [0.1, 0.15) is 57.1 Å². The molecule has 1 unspecified atom stereocenters. The van der Waals surface area contributed by atoms with E-state index in [9.17, 15) is 14.4 Å². The van der Waals surface area contributed by atoms with Crippen molar-refractivity contribution in [3.63, 3.8) is 0 Å². The number of benzene rings is 1. The van der Waals surface area contributed by atoms with Gasteiger partial charge in [0, 0.05) is 16.0 Å². The fourth-order valence-corrected chi connectivity index (χ4v) is 5.52. The van der Waals surface area contributed by atoms with Crippen molar-refractivity contribution in [3.05, 3.63) is 57.6 Å². The van der Waals surface area contributed by atoms with Crippen molar-refractivity contribution in [3.8, 4) is 0 Å². The molecule has 1 aromatic carbocycles. The van der Waals surface area contributed by atoms with E-state index in [1.54, 1.807) is 26.0 Å². The van der Waals surface area contributed by atoms with Gasteiger partial charge in [0.25, 0.3) is 5.91 Å². The Balaban J connectivity index is 1.50. The first-order valence-electron chi connectivity index (χ1n) is 11.0. The summed E-state index contributed by atoms with van der Waals surface area (Å²) < 4.78 is 10.5. The van der Waals surface area contributed by atoms with E-state index in [1.165, 1.54) is 11.3 Å². The molecule has 172 valence electrons. The summed E-state index contributed by atoms with van der Waals surface area (Å²) in [6.45, 7) is 5.52. The van der Waals surface area contributed by atoms with Crippen LogP contribution in [0.15, 0.2) is 30.3 Å². The molecule has 7 nitrogen and oxygen atoms in total. The number of nitrogens with zero attached hydrogens (tertiary/aromatic N) is 1. The van der Waals surface area contributed by atoms with E-state index in [0.29, 0.717) is 38.6 Å². The maximum absolute atomic E-state index is 12.7. The number of anilines is 1. The number of nitrogens with one attached hydrogen (secondary N) is 1. The number of aryl methyl sites for hydroxylation is 1. The fraction of sp³-hybridized carbons (Fsp3) is 0.360. The number of ether oxygens (including phenoxy) is 2. The first-order chi connectivity index (χ1) is 15.9. The topological polar surface area (TPSA) is 94.6 Å². The van der Waals surface area contributed by atoms with Crippen molar-refractivity contribution in [2.75, 3.05) is 18.5 Å². The molecule has 1 atom stereocenters. The number of hydrogen-bond acceptors (Lipinski definition) is 7. The van der Waals surface area contributed by atoms with Crippen molar-refractivity contribution in [1.29, 1.82) is 0 Å². The third-order valence-electron chi connectivity index (χ3n) is 5.64. The molecule has 8 heteroatoms. The fourth-order valence-electron chi connectivity index (χ4n) is 4.11. The van der Waals surface area contributed by atoms with Gasteiger partial charge in [0.2, 0.25) is 0 Å². The van der Waals surface area contributed by atoms with E-state index < -0.39 is 24.5 Å². The largest absolute Gasteiger partial charge is 0.462 e. The summed E-state index contributed by atoms with van der Waals surface area (Å²) in [4.78, 5) is 43.5. The first kappa shape index (κ1) is 22.9. The number of esters is 2. The first-order valence-corrected chi connectivity index (χ1v) is 11.8. The molecule has 0 saturated carbocycles. The second kappa shape index (κ2) is 9.70. The molecule has 33 heavy (non-hydrogen) atoms. The molecule has 1 N–H and O–H groups in total. The van der Waals surface area contributed by atoms with Crippen LogP contribution < -0.4 is 5.32 Å². The number of amides is 1. The molecule has 1 amide bonds. The number of thiophene rings is 1. The molecule has 2 heterocycles. The van der Waals surface area contributed by atoms with E-state index in [1.807, 2.05) is 18.2 Å². The van der Waals surface area contributed by atoms with Gasteiger partial charge < -0.3 is 14.8 Å². The molecule has 4 rings (SSSR count). The summed E-state index contributed by atoms with van der Waals surface area (Å²) in [7, 11) is 0. The van der Waals surface area contributed by atoms with Crippen LogP contribution in [0.2, 0.25) is 0 Å². The smallest absolute Gasteiger partial charge is 0.341 e. The molecular weight excluding hydrogens is 440 g/mol. The molecule has 0 aliphatic heterocycles. The third kappa shape index (κ3) is 4.90. The van der Waals surface area contributed by atoms with Crippen LogP contribution >= 0.6 is 11.3 Å². The minimum Gasteiger partial charge on any atom is -0.462 e. The van der Waals surface area contributed by atoms with Gasteiger partial charge in [0.05, 0.1) is 23.3 Å². The minimum absolute atomic E-state index is 0.254. The predicted octanol–water partition coefficient (Wildman–Crippen LogP) is 4.70. The molecule has 3 aromatic rings. The Kier molecular flexibility index (Phi) is 6.74. The van der Waals surface area contributed by atoms with Gasteiger partial charge in [-0.1, -0.05) is 25.1 Å². The quantitative estimate of drug-likeness (QED) is 0.529. The van der Waals surface area contributed by atoms with Gasteiger partial charge in [-0.3, -0.25) is 9.78 Å². The molecule has 1 aliphatic rings. The Morgan fingerprint density at radius 1 is 1.18 bits per heavy atom. The van der Waals surface area contributed by atoms with Gasteiger partial charge >= 0.3 is 11.9 Å². The summed E-state index contributed by atoms with van der Waals surface area (Å²) in [5, 5.41) is 3.89. The highest BCUT2D eigenvalue weighted by atomic mass is 32.1. The zero-order valence-electron chi connectivity index (χ0n) is 18.9. The predicted molar refractivity (Wildman–Crippen MR) is 127 cm³/mol. The van der Waals surface area contributed by atoms with E-state index in [0.717, 1.165) is 29.7 Å². The van der Waals surface area contributed by atoms with Crippen LogP contribution in [0.4, 0.5) is 5.00 Å². The molecule has 1 aliphatic carbocycles. The number of carbonyl (C=O) groups is 3. The Hall–Kier alpha value is -3.26. The lowest BCUT2D eigenvalue weighted by atomic mass is 9.88. The Morgan fingerprint density at radius 3 is 2.76 bits per heavy atom. The average Bonchev–Trinajstić information content (AvgIpc) is 3.13. The lowest BCUT2D eigenvalue weighted by Gasteiger charge is -2.18. The Labute approximate surface area is 196 Å². The van der Waals surface area contributed by atoms with Crippen LogP contribution in [-0.2, 0) is 27.1 Å². The molecule has 2 aromatic heterocycles. The van der Waals surface area contributed by atoms with Crippen LogP contribution in [0.25, 0.3) is 10.9 Å². The average molecular weight is 467 g/mol. The van der Waals surface area contributed by atoms with E-state index >= 15 is 0 Å². The Morgan fingerprint density at radius 2 is 1.97 bits per heavy atom. The minimum atomic E-state index is -0.600. The number of fused-ring (bicyclic) bond motifs is 2. The maximum atomic E-state index is 12.7. The van der Waals surface area contributed by atoms with E-state index in [-0.39, 0.29) is 6.61 Å². The summed E-state index contributed by atoms with van der Waals surface area (Å²) >= 11 is 1.40. The maximum Gasteiger partial charge on any atom is 0.341 e. The normalized spacial score (nSPS) is 15.1. The van der Waals surface area contributed by atoms with Crippen molar-refractivity contribution in [2.45, 2.75) is 40.0 Å². The van der Waals surface area contributed by atoms with Crippen LogP contribution in [0.3, 0.4) is 0 Å². The summed E-state index contributed by atoms with van der Waals surface area (Å²) in [6, 6.07) is 8.93. The molecule has 0 saturated heterocycles. The van der Waals surface area contributed by atoms with Gasteiger partial charge in [-0.25, -0.2) is 9.59 Å². The lowest BCUT2D eigenvalue weighted by Crippen LogP contribution is -2.22. The number of hydrogen-bond donors (Lipinski definition) is 1. The van der Waals surface area contributed by atoms with Crippen molar-refractivity contribution >= 4 is 45.1 Å². The molecular formula is C25H26N2O5S. The van der Waals surface area contributed by atoms with Crippen molar-refractivity contribution in [1.82, 2.24) is 4.98 Å². The van der Waals surface area contributed by atoms with Gasteiger partial charge in [-0.2, -0.15) is 0 Å². The van der Waals surface area contributed by atoms with Gasteiger partial charge in [0.1, 0.15) is 5.00 Å². The van der Waals surface area contributed by atoms with Gasteiger partial charge in [-0.05, 0) is 56.7 Å². The molecule has 0 bridgehead atoms. The zero-order chi connectivity index (χ0) is 23.5. The zero-order valence-corrected chi connectivity index (χ0v) is 19.7. The summed E-state index contributed by atoms with van der Waals surface area (Å²) in [5.41, 5.74) is 3.12. The standard InChI is InChI=1S/C25H26N2O5S/c1-4-31-25(30)22-17-10-9-14(2)11-20(17)33-23(22)27-21(28)13-32-24(29)18-12-15(3)26-19-8-6-5-7-16(18)19/h5-8,12,14H,4,9-11,13H2,1-3H3,(H,27,28). The summed E-state index contributed by atoms with van der Waals surface area (Å²) in [6.07, 6.45) is 2.63. The highest BCUT2D eigenvalue weighted by Gasteiger charge is 2.29.